The summed E-state index contributed by atoms with van der Waals surface area (Å²) in [6, 6.07) is 9.14. The zero-order valence-corrected chi connectivity index (χ0v) is 12.9. The molecule has 0 heterocycles. The highest BCUT2D eigenvalue weighted by Gasteiger charge is 2.25. The van der Waals surface area contributed by atoms with Crippen LogP contribution in [-0.2, 0) is 6.42 Å². The van der Waals surface area contributed by atoms with Gasteiger partial charge in [-0.15, -0.1) is 0 Å². The lowest BCUT2D eigenvalue weighted by atomic mass is 9.83. The minimum Gasteiger partial charge on any atom is -0.396 e. The average molecular weight is 263 g/mol. The standard InChI is InChI=1S/C17H29NO/c1-5-15-8-10-16(11-9-15)14(4)18-12-17(6-2,7-3)13-19/h8-11,14,18-19H,5-7,12-13H2,1-4H3. The molecule has 108 valence electrons. The number of nitrogens with one attached hydrogen (secondary N) is 1. The highest BCUT2D eigenvalue weighted by Crippen LogP contribution is 2.25. The Morgan fingerprint density at radius 2 is 1.68 bits per heavy atom. The zero-order valence-electron chi connectivity index (χ0n) is 12.9. The Morgan fingerprint density at radius 3 is 2.11 bits per heavy atom. The van der Waals surface area contributed by atoms with Crippen LogP contribution in [0.2, 0.25) is 0 Å². The van der Waals surface area contributed by atoms with Gasteiger partial charge >= 0.3 is 0 Å². The van der Waals surface area contributed by atoms with Crippen LogP contribution in [0.5, 0.6) is 0 Å². The van der Waals surface area contributed by atoms with Gasteiger partial charge in [0.05, 0.1) is 0 Å². The maximum Gasteiger partial charge on any atom is 0.0499 e. The van der Waals surface area contributed by atoms with Crippen LogP contribution in [0.1, 0.15) is 57.7 Å². The van der Waals surface area contributed by atoms with Crippen molar-refractivity contribution in [2.75, 3.05) is 13.2 Å². The molecule has 2 nitrogen and oxygen atoms in total. The Balaban J connectivity index is 2.60. The summed E-state index contributed by atoms with van der Waals surface area (Å²) in [5.41, 5.74) is 2.72. The van der Waals surface area contributed by atoms with Crippen molar-refractivity contribution < 1.29 is 5.11 Å². The third kappa shape index (κ3) is 4.32. The van der Waals surface area contributed by atoms with Gasteiger partial charge in [0, 0.05) is 24.6 Å². The van der Waals surface area contributed by atoms with Gasteiger partial charge in [0.15, 0.2) is 0 Å². The topological polar surface area (TPSA) is 32.3 Å². The fourth-order valence-electron chi connectivity index (χ4n) is 2.31. The summed E-state index contributed by atoms with van der Waals surface area (Å²) in [5.74, 6) is 0. The van der Waals surface area contributed by atoms with E-state index in [0.29, 0.717) is 6.04 Å². The number of aliphatic hydroxyl groups excluding tert-OH is 1. The molecule has 0 radical (unpaired) electrons. The summed E-state index contributed by atoms with van der Waals surface area (Å²) in [7, 11) is 0. The van der Waals surface area contributed by atoms with Crippen LogP contribution in [0.25, 0.3) is 0 Å². The Morgan fingerprint density at radius 1 is 1.11 bits per heavy atom. The van der Waals surface area contributed by atoms with Gasteiger partial charge in [-0.2, -0.15) is 0 Å². The van der Waals surface area contributed by atoms with Gasteiger partial charge in [-0.3, -0.25) is 0 Å². The van der Waals surface area contributed by atoms with Crippen molar-refractivity contribution in [1.29, 1.82) is 0 Å². The maximum absolute atomic E-state index is 9.59. The molecule has 19 heavy (non-hydrogen) atoms. The molecular weight excluding hydrogens is 234 g/mol. The van der Waals surface area contributed by atoms with E-state index in [9.17, 15) is 5.11 Å². The molecule has 1 aromatic rings. The molecule has 0 bridgehead atoms. The van der Waals surface area contributed by atoms with E-state index in [0.717, 1.165) is 25.8 Å². The van der Waals surface area contributed by atoms with Crippen molar-refractivity contribution in [3.8, 4) is 0 Å². The molecule has 0 aliphatic heterocycles. The normalized spacial score (nSPS) is 13.5. The van der Waals surface area contributed by atoms with Crippen LogP contribution in [0.15, 0.2) is 24.3 Å². The minimum absolute atomic E-state index is 0.0254. The van der Waals surface area contributed by atoms with Gasteiger partial charge in [-0.05, 0) is 37.3 Å². The van der Waals surface area contributed by atoms with Crippen LogP contribution < -0.4 is 5.32 Å². The van der Waals surface area contributed by atoms with E-state index in [1.807, 2.05) is 0 Å². The molecule has 0 aliphatic rings. The monoisotopic (exact) mass is 263 g/mol. The third-order valence-electron chi connectivity index (χ3n) is 4.51. The number of benzene rings is 1. The van der Waals surface area contributed by atoms with E-state index in [-0.39, 0.29) is 12.0 Å². The quantitative estimate of drug-likeness (QED) is 0.749. The number of hydrogen-bond donors (Lipinski definition) is 2. The highest BCUT2D eigenvalue weighted by molar-refractivity contribution is 5.24. The van der Waals surface area contributed by atoms with Crippen LogP contribution in [0.4, 0.5) is 0 Å². The van der Waals surface area contributed by atoms with E-state index in [1.165, 1.54) is 11.1 Å². The molecule has 0 aliphatic carbocycles. The Bertz CT molecular complexity index is 346. The maximum atomic E-state index is 9.59. The Kier molecular flexibility index (Phi) is 6.53. The second-order valence-corrected chi connectivity index (χ2v) is 5.56. The van der Waals surface area contributed by atoms with E-state index in [4.69, 9.17) is 0 Å². The number of rotatable bonds is 8. The van der Waals surface area contributed by atoms with Gasteiger partial charge in [0.25, 0.3) is 0 Å². The van der Waals surface area contributed by atoms with Gasteiger partial charge in [0.1, 0.15) is 0 Å². The third-order valence-corrected chi connectivity index (χ3v) is 4.51. The first-order valence-corrected chi connectivity index (χ1v) is 7.53. The molecule has 2 heteroatoms. The average Bonchev–Trinajstić information content (AvgIpc) is 2.49. The van der Waals surface area contributed by atoms with Crippen molar-refractivity contribution in [3.63, 3.8) is 0 Å². The van der Waals surface area contributed by atoms with E-state index in [1.54, 1.807) is 0 Å². The fourth-order valence-corrected chi connectivity index (χ4v) is 2.31. The summed E-state index contributed by atoms with van der Waals surface area (Å²) in [6.07, 6.45) is 3.10. The van der Waals surface area contributed by atoms with Gasteiger partial charge in [-0.25, -0.2) is 0 Å². The molecule has 0 aromatic heterocycles. The Labute approximate surface area is 118 Å². The van der Waals surface area contributed by atoms with Crippen LogP contribution in [0.3, 0.4) is 0 Å². The smallest absolute Gasteiger partial charge is 0.0499 e. The van der Waals surface area contributed by atoms with Gasteiger partial charge in [0.2, 0.25) is 0 Å². The molecular formula is C17H29NO. The summed E-state index contributed by atoms with van der Waals surface area (Å²) >= 11 is 0. The van der Waals surface area contributed by atoms with E-state index < -0.39 is 0 Å². The summed E-state index contributed by atoms with van der Waals surface area (Å²) < 4.78 is 0. The second kappa shape index (κ2) is 7.66. The Hall–Kier alpha value is -0.860. The first kappa shape index (κ1) is 16.2. The minimum atomic E-state index is 0.0254. The lowest BCUT2D eigenvalue weighted by Crippen LogP contribution is -2.37. The highest BCUT2D eigenvalue weighted by atomic mass is 16.3. The van der Waals surface area contributed by atoms with E-state index >= 15 is 0 Å². The molecule has 0 spiro atoms. The molecule has 0 amide bonds. The lowest BCUT2D eigenvalue weighted by Gasteiger charge is -2.31. The molecule has 1 unspecified atom stereocenters. The fraction of sp³-hybridized carbons (Fsp3) is 0.647. The van der Waals surface area contributed by atoms with E-state index in [2.05, 4.69) is 57.3 Å². The predicted molar refractivity (Wildman–Crippen MR) is 82.3 cm³/mol. The number of aryl methyl sites for hydroxylation is 1. The van der Waals surface area contributed by atoms with Crippen LogP contribution >= 0.6 is 0 Å². The largest absolute Gasteiger partial charge is 0.396 e. The summed E-state index contributed by atoms with van der Waals surface area (Å²) in [5, 5.41) is 13.2. The molecule has 1 atom stereocenters. The van der Waals surface area contributed by atoms with Crippen LogP contribution in [0, 0.1) is 5.41 Å². The lowest BCUT2D eigenvalue weighted by molar-refractivity contribution is 0.110. The molecule has 2 N–H and O–H groups in total. The van der Waals surface area contributed by atoms with Crippen molar-refractivity contribution in [1.82, 2.24) is 5.32 Å². The van der Waals surface area contributed by atoms with Crippen molar-refractivity contribution in [3.05, 3.63) is 35.4 Å². The second-order valence-electron chi connectivity index (χ2n) is 5.56. The first-order chi connectivity index (χ1) is 9.10. The molecule has 0 saturated carbocycles. The van der Waals surface area contributed by atoms with Gasteiger partial charge in [-0.1, -0.05) is 45.0 Å². The van der Waals surface area contributed by atoms with Crippen LogP contribution in [-0.4, -0.2) is 18.3 Å². The SMILES string of the molecule is CCc1ccc(C(C)NCC(CC)(CC)CO)cc1. The van der Waals surface area contributed by atoms with Crippen molar-refractivity contribution in [2.24, 2.45) is 5.41 Å². The predicted octanol–water partition coefficient (Wildman–Crippen LogP) is 3.70. The van der Waals surface area contributed by atoms with Gasteiger partial charge < -0.3 is 10.4 Å². The molecule has 0 fully saturated rings. The van der Waals surface area contributed by atoms with Crippen molar-refractivity contribution >= 4 is 0 Å². The molecule has 1 rings (SSSR count). The zero-order chi connectivity index (χ0) is 14.3. The van der Waals surface area contributed by atoms with Crippen molar-refractivity contribution in [2.45, 2.75) is 53.0 Å². The number of hydrogen-bond acceptors (Lipinski definition) is 2. The summed E-state index contributed by atoms with van der Waals surface area (Å²) in [4.78, 5) is 0. The molecule has 0 saturated heterocycles. The number of aliphatic hydroxyl groups is 1. The first-order valence-electron chi connectivity index (χ1n) is 7.53. The molecule has 1 aromatic carbocycles. The summed E-state index contributed by atoms with van der Waals surface area (Å²) in [6.45, 7) is 9.80.